The number of oxazole rings is 1. The van der Waals surface area contributed by atoms with Crippen molar-refractivity contribution in [3.05, 3.63) is 29.1 Å². The van der Waals surface area contributed by atoms with Gasteiger partial charge in [0.2, 0.25) is 11.8 Å². The quantitative estimate of drug-likeness (QED) is 0.817. The summed E-state index contributed by atoms with van der Waals surface area (Å²) in [4.78, 5) is 14.7. The molecule has 14 heavy (non-hydrogen) atoms. The van der Waals surface area contributed by atoms with Gasteiger partial charge in [0.05, 0.1) is 0 Å². The molecule has 0 atom stereocenters. The Morgan fingerprint density at radius 2 is 2.36 bits per heavy atom. The molecule has 72 valence electrons. The van der Waals surface area contributed by atoms with Crippen molar-refractivity contribution < 1.29 is 9.21 Å². The molecule has 0 saturated heterocycles. The smallest absolute Gasteiger partial charge is 0.226 e. The van der Waals surface area contributed by atoms with E-state index in [4.69, 9.17) is 21.8 Å². The number of carbonyl (C=O) groups is 1. The maximum absolute atomic E-state index is 10.6. The summed E-state index contributed by atoms with van der Waals surface area (Å²) in [6.07, 6.45) is 0.00625. The van der Waals surface area contributed by atoms with Crippen molar-refractivity contribution in [3.8, 4) is 0 Å². The van der Waals surface area contributed by atoms with Gasteiger partial charge in [0.15, 0.2) is 5.58 Å². The number of nitrogens with zero attached hydrogens (tertiary/aromatic N) is 1. The average Bonchev–Trinajstić information content (AvgIpc) is 2.44. The molecule has 0 fully saturated rings. The number of primary amides is 1. The van der Waals surface area contributed by atoms with E-state index in [2.05, 4.69) is 4.98 Å². The zero-order chi connectivity index (χ0) is 10.1. The minimum Gasteiger partial charge on any atom is -0.440 e. The van der Waals surface area contributed by atoms with Gasteiger partial charge in [-0.05, 0) is 18.2 Å². The Bertz CT molecular complexity index is 493. The highest BCUT2D eigenvalue weighted by molar-refractivity contribution is 6.31. The summed E-state index contributed by atoms with van der Waals surface area (Å²) in [6.45, 7) is 0. The van der Waals surface area contributed by atoms with E-state index in [0.717, 1.165) is 0 Å². The second-order valence-corrected chi connectivity index (χ2v) is 3.30. The van der Waals surface area contributed by atoms with Crippen molar-refractivity contribution in [1.82, 2.24) is 4.98 Å². The summed E-state index contributed by atoms with van der Waals surface area (Å²) in [5, 5.41) is 0.580. The van der Waals surface area contributed by atoms with Gasteiger partial charge in [-0.2, -0.15) is 0 Å². The lowest BCUT2D eigenvalue weighted by Crippen LogP contribution is -2.13. The summed E-state index contributed by atoms with van der Waals surface area (Å²) < 4.78 is 5.26. The molecule has 0 bridgehead atoms. The second kappa shape index (κ2) is 3.31. The number of hydrogen-bond acceptors (Lipinski definition) is 3. The van der Waals surface area contributed by atoms with Crippen LogP contribution in [0, 0.1) is 0 Å². The number of amides is 1. The largest absolute Gasteiger partial charge is 0.440 e. The fourth-order valence-electron chi connectivity index (χ4n) is 1.17. The SMILES string of the molecule is NC(=O)Cc1nc2cc(Cl)ccc2o1. The predicted octanol–water partition coefficient (Wildman–Crippen LogP) is 1.51. The molecule has 1 aromatic heterocycles. The van der Waals surface area contributed by atoms with E-state index < -0.39 is 5.91 Å². The molecule has 2 N–H and O–H groups in total. The Labute approximate surface area is 84.7 Å². The Morgan fingerprint density at radius 1 is 1.57 bits per heavy atom. The third kappa shape index (κ3) is 1.70. The molecule has 0 aliphatic heterocycles. The summed E-state index contributed by atoms with van der Waals surface area (Å²) >= 11 is 5.76. The number of halogens is 1. The summed E-state index contributed by atoms with van der Waals surface area (Å²) in [7, 11) is 0. The standard InChI is InChI=1S/C9H7ClN2O2/c10-5-1-2-7-6(3-5)12-9(14-7)4-8(11)13/h1-3H,4H2,(H2,11,13). The van der Waals surface area contributed by atoms with Crippen LogP contribution in [0.3, 0.4) is 0 Å². The second-order valence-electron chi connectivity index (χ2n) is 2.86. The summed E-state index contributed by atoms with van der Waals surface area (Å²) in [6, 6.07) is 5.07. The van der Waals surface area contributed by atoms with Gasteiger partial charge in [-0.15, -0.1) is 0 Å². The van der Waals surface area contributed by atoms with Gasteiger partial charge < -0.3 is 10.2 Å². The van der Waals surface area contributed by atoms with Gasteiger partial charge in [-0.3, -0.25) is 4.79 Å². The number of rotatable bonds is 2. The van der Waals surface area contributed by atoms with E-state index in [1.165, 1.54) is 0 Å². The van der Waals surface area contributed by atoms with Crippen molar-refractivity contribution in [3.63, 3.8) is 0 Å². The molecule has 5 heteroatoms. The van der Waals surface area contributed by atoms with Crippen LogP contribution in [-0.4, -0.2) is 10.9 Å². The fraction of sp³-hybridized carbons (Fsp3) is 0.111. The monoisotopic (exact) mass is 210 g/mol. The highest BCUT2D eigenvalue weighted by atomic mass is 35.5. The molecule has 0 saturated carbocycles. The van der Waals surface area contributed by atoms with Crippen molar-refractivity contribution in [2.75, 3.05) is 0 Å². The topological polar surface area (TPSA) is 69.1 Å². The Kier molecular flexibility index (Phi) is 2.13. The highest BCUT2D eigenvalue weighted by Gasteiger charge is 2.08. The zero-order valence-electron chi connectivity index (χ0n) is 7.16. The lowest BCUT2D eigenvalue weighted by molar-refractivity contribution is -0.117. The van der Waals surface area contributed by atoms with Gasteiger partial charge in [-0.25, -0.2) is 4.98 Å². The highest BCUT2D eigenvalue weighted by Crippen LogP contribution is 2.19. The van der Waals surface area contributed by atoms with Crippen LogP contribution in [0.15, 0.2) is 22.6 Å². The van der Waals surface area contributed by atoms with Crippen molar-refractivity contribution >= 4 is 28.6 Å². The lowest BCUT2D eigenvalue weighted by atomic mass is 10.3. The third-order valence-corrected chi connectivity index (χ3v) is 1.95. The molecular weight excluding hydrogens is 204 g/mol. The lowest BCUT2D eigenvalue weighted by Gasteiger charge is -1.86. The van der Waals surface area contributed by atoms with E-state index in [1.807, 2.05) is 0 Å². The van der Waals surface area contributed by atoms with Crippen LogP contribution >= 0.6 is 11.6 Å². The van der Waals surface area contributed by atoms with Crippen LogP contribution in [0.1, 0.15) is 5.89 Å². The molecule has 1 amide bonds. The van der Waals surface area contributed by atoms with Crippen LogP contribution in [0.4, 0.5) is 0 Å². The number of aromatic nitrogens is 1. The third-order valence-electron chi connectivity index (χ3n) is 1.72. The number of benzene rings is 1. The maximum atomic E-state index is 10.6. The maximum Gasteiger partial charge on any atom is 0.226 e. The minimum atomic E-state index is -0.470. The first-order valence-corrected chi connectivity index (χ1v) is 4.36. The van der Waals surface area contributed by atoms with Crippen LogP contribution in [-0.2, 0) is 11.2 Å². The van der Waals surface area contributed by atoms with Crippen LogP contribution in [0.5, 0.6) is 0 Å². The zero-order valence-corrected chi connectivity index (χ0v) is 7.91. The first-order valence-electron chi connectivity index (χ1n) is 3.98. The van der Waals surface area contributed by atoms with Crippen molar-refractivity contribution in [2.45, 2.75) is 6.42 Å². The Morgan fingerprint density at radius 3 is 3.07 bits per heavy atom. The first kappa shape index (κ1) is 9.02. The van der Waals surface area contributed by atoms with E-state index in [9.17, 15) is 4.79 Å². The van der Waals surface area contributed by atoms with Crippen LogP contribution in [0.25, 0.3) is 11.1 Å². The molecule has 0 aliphatic rings. The van der Waals surface area contributed by atoms with E-state index in [-0.39, 0.29) is 6.42 Å². The van der Waals surface area contributed by atoms with Crippen molar-refractivity contribution in [2.24, 2.45) is 5.73 Å². The summed E-state index contributed by atoms with van der Waals surface area (Å²) in [5.74, 6) is -0.155. The van der Waals surface area contributed by atoms with Crippen molar-refractivity contribution in [1.29, 1.82) is 0 Å². The molecule has 0 spiro atoms. The fourth-order valence-corrected chi connectivity index (χ4v) is 1.34. The summed E-state index contributed by atoms with van der Waals surface area (Å²) in [5.41, 5.74) is 6.25. The Balaban J connectivity index is 2.46. The number of nitrogens with two attached hydrogens (primary N) is 1. The predicted molar refractivity (Wildman–Crippen MR) is 51.9 cm³/mol. The number of carbonyl (C=O) groups excluding carboxylic acids is 1. The van der Waals surface area contributed by atoms with Gasteiger partial charge >= 0.3 is 0 Å². The molecule has 2 aromatic rings. The number of hydrogen-bond donors (Lipinski definition) is 1. The molecule has 1 aromatic carbocycles. The van der Waals surface area contributed by atoms with E-state index in [0.29, 0.717) is 22.0 Å². The van der Waals surface area contributed by atoms with Gasteiger partial charge in [-0.1, -0.05) is 11.6 Å². The van der Waals surface area contributed by atoms with Gasteiger partial charge in [0.25, 0.3) is 0 Å². The first-order chi connectivity index (χ1) is 6.65. The Hall–Kier alpha value is -1.55. The average molecular weight is 211 g/mol. The molecule has 2 rings (SSSR count). The van der Waals surface area contributed by atoms with Crippen LogP contribution < -0.4 is 5.73 Å². The van der Waals surface area contributed by atoms with E-state index >= 15 is 0 Å². The molecular formula is C9H7ClN2O2. The molecule has 4 nitrogen and oxygen atoms in total. The minimum absolute atomic E-state index is 0.00625. The molecule has 0 unspecified atom stereocenters. The number of fused-ring (bicyclic) bond motifs is 1. The van der Waals surface area contributed by atoms with E-state index in [1.54, 1.807) is 18.2 Å². The van der Waals surface area contributed by atoms with Gasteiger partial charge in [0.1, 0.15) is 11.9 Å². The van der Waals surface area contributed by atoms with Gasteiger partial charge in [0, 0.05) is 5.02 Å². The molecule has 0 radical (unpaired) electrons. The van der Waals surface area contributed by atoms with Crippen LogP contribution in [0.2, 0.25) is 5.02 Å². The molecule has 0 aliphatic carbocycles. The normalized spacial score (nSPS) is 10.6. The molecule has 1 heterocycles.